The van der Waals surface area contributed by atoms with Crippen molar-refractivity contribution < 1.29 is 14.3 Å². The summed E-state index contributed by atoms with van der Waals surface area (Å²) in [6.45, 7) is 31.6. The second-order valence-corrected chi connectivity index (χ2v) is 17.6. The standard InChI is InChI=1S/C36H49O3PS/c1-20-15-23(33(3,4)5)28-22-19-25(39-40(37)38)32(36(12,13)14)30(31(22)35(9,10)11)29-24(34(6,7)8)16-21(2)18-27(29)41-26(28)17-20/h15-19,37-38H,1-14H3. The molecule has 0 unspecified atom stereocenters. The van der Waals surface area contributed by atoms with Gasteiger partial charge in [0.2, 0.25) is 0 Å². The summed E-state index contributed by atoms with van der Waals surface area (Å²) in [7, 11) is -2.61. The molecule has 0 atom stereocenters. The minimum absolute atomic E-state index is 0.110. The molecule has 2 bridgehead atoms. The zero-order chi connectivity index (χ0) is 31.0. The third kappa shape index (κ3) is 6.14. The van der Waals surface area contributed by atoms with Crippen LogP contribution in [0.4, 0.5) is 0 Å². The molecule has 0 amide bonds. The van der Waals surface area contributed by atoms with E-state index in [-0.39, 0.29) is 21.7 Å². The summed E-state index contributed by atoms with van der Waals surface area (Å²) in [5.74, 6) is 0.552. The molecule has 3 aromatic carbocycles. The summed E-state index contributed by atoms with van der Waals surface area (Å²) in [5.41, 5.74) is 11.3. The molecule has 4 rings (SSSR count). The molecule has 5 heteroatoms. The van der Waals surface area contributed by atoms with Gasteiger partial charge in [0.25, 0.3) is 0 Å². The maximum absolute atomic E-state index is 10.2. The molecular weight excluding hydrogens is 543 g/mol. The highest BCUT2D eigenvalue weighted by molar-refractivity contribution is 7.99. The first-order chi connectivity index (χ1) is 18.5. The first-order valence-electron chi connectivity index (χ1n) is 14.6. The van der Waals surface area contributed by atoms with E-state index in [1.165, 1.54) is 54.3 Å². The lowest BCUT2D eigenvalue weighted by Crippen LogP contribution is -2.25. The van der Waals surface area contributed by atoms with Gasteiger partial charge < -0.3 is 14.3 Å². The van der Waals surface area contributed by atoms with Crippen LogP contribution in [-0.2, 0) is 21.7 Å². The van der Waals surface area contributed by atoms with E-state index >= 15 is 0 Å². The van der Waals surface area contributed by atoms with Crippen molar-refractivity contribution >= 4 is 20.4 Å². The quantitative estimate of drug-likeness (QED) is 0.227. The maximum Gasteiger partial charge on any atom is 0.391 e. The Labute approximate surface area is 254 Å². The van der Waals surface area contributed by atoms with Gasteiger partial charge in [0, 0.05) is 20.9 Å². The Morgan fingerprint density at radius 1 is 0.561 bits per heavy atom. The van der Waals surface area contributed by atoms with Crippen LogP contribution in [0.25, 0.3) is 22.3 Å². The van der Waals surface area contributed by atoms with E-state index in [4.69, 9.17) is 4.52 Å². The fourth-order valence-electron chi connectivity index (χ4n) is 6.29. The smallest absolute Gasteiger partial charge is 0.391 e. The maximum atomic E-state index is 10.2. The molecule has 2 N–H and O–H groups in total. The molecule has 3 nitrogen and oxygen atoms in total. The van der Waals surface area contributed by atoms with E-state index in [0.29, 0.717) is 5.75 Å². The van der Waals surface area contributed by atoms with E-state index in [2.05, 4.69) is 127 Å². The molecule has 0 saturated carbocycles. The third-order valence-corrected chi connectivity index (χ3v) is 9.26. The van der Waals surface area contributed by atoms with Crippen molar-refractivity contribution in [3.05, 3.63) is 63.7 Å². The van der Waals surface area contributed by atoms with Crippen LogP contribution in [0.5, 0.6) is 5.75 Å². The zero-order valence-electron chi connectivity index (χ0n) is 27.5. The Kier molecular flexibility index (Phi) is 8.14. The highest BCUT2D eigenvalue weighted by Crippen LogP contribution is 2.59. The van der Waals surface area contributed by atoms with Gasteiger partial charge in [-0.3, -0.25) is 0 Å². The Bertz CT molecular complexity index is 1510. The van der Waals surface area contributed by atoms with Crippen LogP contribution in [0.3, 0.4) is 0 Å². The number of benzene rings is 3. The minimum Gasteiger partial charge on any atom is -0.427 e. The number of rotatable bonds is 2. The lowest BCUT2D eigenvalue weighted by Gasteiger charge is -2.39. The van der Waals surface area contributed by atoms with Crippen LogP contribution in [0.1, 0.15) is 116 Å². The molecule has 1 aliphatic rings. The summed E-state index contributed by atoms with van der Waals surface area (Å²) < 4.78 is 5.99. The average Bonchev–Trinajstić information content (AvgIpc) is 2.73. The van der Waals surface area contributed by atoms with Gasteiger partial charge in [0.1, 0.15) is 5.75 Å². The predicted octanol–water partition coefficient (Wildman–Crippen LogP) is 10.9. The van der Waals surface area contributed by atoms with Gasteiger partial charge in [0.15, 0.2) is 0 Å². The van der Waals surface area contributed by atoms with E-state index in [0.717, 1.165) is 11.1 Å². The van der Waals surface area contributed by atoms with E-state index in [1.807, 2.05) is 11.8 Å². The van der Waals surface area contributed by atoms with Gasteiger partial charge in [-0.05, 0) is 98.2 Å². The van der Waals surface area contributed by atoms with Crippen molar-refractivity contribution in [3.63, 3.8) is 0 Å². The first kappa shape index (κ1) is 32.1. The lowest BCUT2D eigenvalue weighted by atomic mass is 9.68. The molecule has 0 saturated heterocycles. The molecule has 3 aromatic rings. The van der Waals surface area contributed by atoms with Gasteiger partial charge >= 0.3 is 8.60 Å². The molecular formula is C36H49O3PS. The van der Waals surface area contributed by atoms with Crippen LogP contribution >= 0.6 is 20.4 Å². The van der Waals surface area contributed by atoms with Crippen LogP contribution in [0.2, 0.25) is 0 Å². The van der Waals surface area contributed by atoms with E-state index in [9.17, 15) is 9.79 Å². The van der Waals surface area contributed by atoms with Gasteiger partial charge in [-0.25, -0.2) is 0 Å². The van der Waals surface area contributed by atoms with Crippen molar-refractivity contribution in [1.82, 2.24) is 0 Å². The Balaban J connectivity index is 2.46. The molecule has 0 radical (unpaired) electrons. The SMILES string of the molecule is Cc1cc2c(c(C(C)(C)C)c1)-c1cc(OP(O)O)c(C(C)(C)C)c(c1C(C)(C)C)-c1c(cc(C)cc1C(C)(C)C)S2. The molecule has 0 aromatic heterocycles. The summed E-state index contributed by atoms with van der Waals surface area (Å²) in [6.07, 6.45) is 0. The highest BCUT2D eigenvalue weighted by Gasteiger charge is 2.39. The first-order valence-corrected chi connectivity index (χ1v) is 16.6. The molecule has 0 spiro atoms. The summed E-state index contributed by atoms with van der Waals surface area (Å²) in [6, 6.07) is 11.4. The second-order valence-electron chi connectivity index (χ2n) is 15.9. The minimum atomic E-state index is -2.61. The topological polar surface area (TPSA) is 49.7 Å². The number of hydrogen-bond donors (Lipinski definition) is 2. The second kappa shape index (κ2) is 10.4. The van der Waals surface area contributed by atoms with Crippen molar-refractivity contribution in [2.75, 3.05) is 0 Å². The zero-order valence-corrected chi connectivity index (χ0v) is 29.3. The molecule has 41 heavy (non-hydrogen) atoms. The van der Waals surface area contributed by atoms with Gasteiger partial charge in [-0.15, -0.1) is 0 Å². The van der Waals surface area contributed by atoms with Crippen LogP contribution in [0.15, 0.2) is 40.1 Å². The Morgan fingerprint density at radius 3 is 1.41 bits per heavy atom. The Morgan fingerprint density at radius 2 is 1.00 bits per heavy atom. The van der Waals surface area contributed by atoms with Crippen molar-refractivity contribution in [2.24, 2.45) is 0 Å². The summed E-state index contributed by atoms with van der Waals surface area (Å²) >= 11 is 1.87. The molecule has 222 valence electrons. The van der Waals surface area contributed by atoms with Crippen molar-refractivity contribution in [2.45, 2.75) is 128 Å². The third-order valence-electron chi connectivity index (χ3n) is 7.82. The fraction of sp³-hybridized carbons (Fsp3) is 0.500. The Hall–Kier alpha value is -1.84. The number of fused-ring (bicyclic) bond motifs is 6. The van der Waals surface area contributed by atoms with E-state index < -0.39 is 8.60 Å². The largest absolute Gasteiger partial charge is 0.427 e. The molecule has 0 fully saturated rings. The van der Waals surface area contributed by atoms with Crippen LogP contribution in [0, 0.1) is 13.8 Å². The number of hydrogen-bond acceptors (Lipinski definition) is 4. The fourth-order valence-corrected chi connectivity index (χ4v) is 7.98. The number of aryl methyl sites for hydroxylation is 2. The average molecular weight is 593 g/mol. The summed E-state index contributed by atoms with van der Waals surface area (Å²) in [4.78, 5) is 23.0. The van der Waals surface area contributed by atoms with E-state index in [1.54, 1.807) is 0 Å². The van der Waals surface area contributed by atoms with Gasteiger partial charge in [0.05, 0.1) is 0 Å². The van der Waals surface area contributed by atoms with Crippen molar-refractivity contribution in [1.29, 1.82) is 0 Å². The monoisotopic (exact) mass is 592 g/mol. The van der Waals surface area contributed by atoms with Crippen LogP contribution < -0.4 is 4.52 Å². The van der Waals surface area contributed by atoms with Gasteiger partial charge in [-0.2, -0.15) is 0 Å². The van der Waals surface area contributed by atoms with Gasteiger partial charge in [-0.1, -0.05) is 107 Å². The lowest BCUT2D eigenvalue weighted by molar-refractivity contribution is 0.370. The van der Waals surface area contributed by atoms with Crippen LogP contribution in [-0.4, -0.2) is 9.79 Å². The highest BCUT2D eigenvalue weighted by atomic mass is 32.2. The molecule has 1 aliphatic heterocycles. The predicted molar refractivity (Wildman–Crippen MR) is 178 cm³/mol. The normalized spacial score (nSPS) is 14.0. The molecule has 0 aliphatic carbocycles. The molecule has 1 heterocycles. The summed E-state index contributed by atoms with van der Waals surface area (Å²) in [5, 5.41) is 0. The van der Waals surface area contributed by atoms with Crippen molar-refractivity contribution in [3.8, 4) is 28.0 Å².